The number of aryl methyl sites for hydroxylation is 1. The molecule has 176 valence electrons. The van der Waals surface area contributed by atoms with Crippen LogP contribution in [0.4, 0.5) is 30.2 Å². The summed E-state index contributed by atoms with van der Waals surface area (Å²) in [5.41, 5.74) is -3.55. The third-order valence-corrected chi connectivity index (χ3v) is 4.64. The van der Waals surface area contributed by atoms with Crippen molar-refractivity contribution in [2.24, 2.45) is 7.05 Å². The predicted molar refractivity (Wildman–Crippen MR) is 113 cm³/mol. The fourth-order valence-electron chi connectivity index (χ4n) is 3.01. The van der Waals surface area contributed by atoms with Crippen molar-refractivity contribution in [3.05, 3.63) is 68.6 Å². The molecule has 1 amide bonds. The number of halogens is 3. The molecule has 0 saturated carbocycles. The average Bonchev–Trinajstić information content (AvgIpc) is 3.25. The van der Waals surface area contributed by atoms with Crippen molar-refractivity contribution in [2.75, 3.05) is 24.7 Å². The molecule has 0 bridgehead atoms. The summed E-state index contributed by atoms with van der Waals surface area (Å²) < 4.78 is 46.7. The molecule has 0 aliphatic carbocycles. The number of benzene rings is 1. The molecular formula is C20H20F3N5O5. The summed E-state index contributed by atoms with van der Waals surface area (Å²) >= 11 is 0. The predicted octanol–water partition coefficient (Wildman–Crippen LogP) is 2.53. The summed E-state index contributed by atoms with van der Waals surface area (Å²) in [6.45, 7) is 0. The molecule has 13 heteroatoms. The van der Waals surface area contributed by atoms with Gasteiger partial charge in [-0.25, -0.2) is 0 Å². The second-order valence-corrected chi connectivity index (χ2v) is 7.22. The van der Waals surface area contributed by atoms with Gasteiger partial charge in [-0.15, -0.1) is 0 Å². The first-order valence-corrected chi connectivity index (χ1v) is 9.42. The Kier molecular flexibility index (Phi) is 6.24. The average molecular weight is 467 g/mol. The van der Waals surface area contributed by atoms with E-state index in [0.29, 0.717) is 0 Å². The minimum Gasteiger partial charge on any atom is -0.505 e. The zero-order chi connectivity index (χ0) is 24.5. The third-order valence-electron chi connectivity index (χ3n) is 4.64. The molecule has 3 rings (SSSR count). The standard InChI is InChI=1S/C20H20F3N5O5/c1-27(2)18(31)10-6-4-7-11(15(10)29)24-14-13(17(30)26-28(3)19(14)32)25-16(20(21,22)23)12-8-5-9-33-12/h4-9,16,24-25,29H,1-3H3,(H,26,30). The van der Waals surface area contributed by atoms with E-state index < -0.39 is 52.1 Å². The monoisotopic (exact) mass is 467 g/mol. The number of phenolic OH excluding ortho intramolecular Hbond substituents is 1. The molecule has 1 atom stereocenters. The van der Waals surface area contributed by atoms with Crippen LogP contribution in [-0.2, 0) is 7.05 Å². The van der Waals surface area contributed by atoms with Crippen LogP contribution in [0.25, 0.3) is 0 Å². The topological polar surface area (TPSA) is 133 Å². The fraction of sp³-hybridized carbons (Fsp3) is 0.250. The molecule has 0 aliphatic heterocycles. The van der Waals surface area contributed by atoms with Crippen molar-refractivity contribution in [1.82, 2.24) is 14.7 Å². The minimum absolute atomic E-state index is 0.120. The smallest absolute Gasteiger partial charge is 0.415 e. The lowest BCUT2D eigenvalue weighted by molar-refractivity contribution is -0.147. The van der Waals surface area contributed by atoms with Crippen molar-refractivity contribution in [2.45, 2.75) is 12.2 Å². The van der Waals surface area contributed by atoms with Crippen molar-refractivity contribution in [3.8, 4) is 5.75 Å². The Hall–Kier alpha value is -4.16. The van der Waals surface area contributed by atoms with Gasteiger partial charge in [-0.3, -0.25) is 24.2 Å². The lowest BCUT2D eigenvalue weighted by atomic mass is 10.1. The number of phenols is 1. The van der Waals surface area contributed by atoms with Crippen LogP contribution in [-0.4, -0.2) is 46.0 Å². The molecular weight excluding hydrogens is 447 g/mol. The Morgan fingerprint density at radius 2 is 1.88 bits per heavy atom. The molecule has 2 heterocycles. The second kappa shape index (κ2) is 8.76. The van der Waals surface area contributed by atoms with Gasteiger partial charge in [0, 0.05) is 21.1 Å². The first kappa shape index (κ1) is 23.5. The summed E-state index contributed by atoms with van der Waals surface area (Å²) in [6, 6.07) is 3.88. The van der Waals surface area contributed by atoms with Gasteiger partial charge in [0.2, 0.25) is 0 Å². The van der Waals surface area contributed by atoms with E-state index in [-0.39, 0.29) is 11.3 Å². The molecule has 0 saturated heterocycles. The number of hydrogen-bond donors (Lipinski definition) is 4. The molecule has 10 nitrogen and oxygen atoms in total. The van der Waals surface area contributed by atoms with Gasteiger partial charge in [-0.05, 0) is 24.3 Å². The molecule has 0 radical (unpaired) electrons. The number of carbonyl (C=O) groups is 1. The van der Waals surface area contributed by atoms with Crippen LogP contribution in [0.5, 0.6) is 5.75 Å². The Labute approximate surface area is 184 Å². The van der Waals surface area contributed by atoms with Gasteiger partial charge in [-0.2, -0.15) is 13.2 Å². The maximum absolute atomic E-state index is 13.7. The third kappa shape index (κ3) is 4.71. The van der Waals surface area contributed by atoms with E-state index in [9.17, 15) is 32.7 Å². The molecule has 0 fully saturated rings. The van der Waals surface area contributed by atoms with Crippen molar-refractivity contribution >= 4 is 23.0 Å². The quantitative estimate of drug-likeness (QED) is 0.410. The highest BCUT2D eigenvalue weighted by atomic mass is 19.4. The summed E-state index contributed by atoms with van der Waals surface area (Å²) in [5.74, 6) is -1.64. The first-order valence-electron chi connectivity index (χ1n) is 9.42. The first-order chi connectivity index (χ1) is 15.4. The molecule has 2 aromatic heterocycles. The fourth-order valence-corrected chi connectivity index (χ4v) is 3.01. The van der Waals surface area contributed by atoms with Crippen LogP contribution < -0.4 is 21.8 Å². The van der Waals surface area contributed by atoms with Crippen LogP contribution in [0, 0.1) is 0 Å². The Morgan fingerprint density at radius 1 is 1.18 bits per heavy atom. The van der Waals surface area contributed by atoms with E-state index in [2.05, 4.69) is 10.4 Å². The highest BCUT2D eigenvalue weighted by Gasteiger charge is 2.43. The molecule has 3 aromatic rings. The zero-order valence-corrected chi connectivity index (χ0v) is 17.6. The zero-order valence-electron chi connectivity index (χ0n) is 17.6. The van der Waals surface area contributed by atoms with Gasteiger partial charge < -0.3 is 25.1 Å². The number of aromatic nitrogens is 2. The molecule has 1 aromatic carbocycles. The Morgan fingerprint density at radius 3 is 2.45 bits per heavy atom. The van der Waals surface area contributed by atoms with Crippen LogP contribution in [0.2, 0.25) is 0 Å². The van der Waals surface area contributed by atoms with Crippen molar-refractivity contribution in [3.63, 3.8) is 0 Å². The van der Waals surface area contributed by atoms with E-state index in [4.69, 9.17) is 4.42 Å². The molecule has 33 heavy (non-hydrogen) atoms. The van der Waals surface area contributed by atoms with Gasteiger partial charge in [0.05, 0.1) is 17.5 Å². The van der Waals surface area contributed by atoms with Crippen molar-refractivity contribution in [1.29, 1.82) is 0 Å². The lowest BCUT2D eigenvalue weighted by Crippen LogP contribution is -2.35. The highest BCUT2D eigenvalue weighted by molar-refractivity contribution is 5.98. The van der Waals surface area contributed by atoms with Gasteiger partial charge >= 0.3 is 6.18 Å². The molecule has 0 spiro atoms. The van der Waals surface area contributed by atoms with E-state index >= 15 is 0 Å². The Bertz CT molecular complexity index is 1280. The van der Waals surface area contributed by atoms with Crippen molar-refractivity contribution < 1.29 is 27.5 Å². The number of aromatic hydroxyl groups is 1. The van der Waals surface area contributed by atoms with Crippen LogP contribution in [0.15, 0.2) is 50.6 Å². The van der Waals surface area contributed by atoms with Gasteiger partial charge in [0.15, 0.2) is 11.8 Å². The number of anilines is 3. The summed E-state index contributed by atoms with van der Waals surface area (Å²) in [7, 11) is 4.11. The molecule has 1 unspecified atom stereocenters. The van der Waals surface area contributed by atoms with E-state index in [1.807, 2.05) is 5.32 Å². The number of hydrogen-bond acceptors (Lipinski definition) is 7. The number of furan rings is 1. The molecule has 4 N–H and O–H groups in total. The number of amides is 1. The Balaban J connectivity index is 2.13. The number of alkyl halides is 3. The van der Waals surface area contributed by atoms with Crippen LogP contribution in [0.3, 0.4) is 0 Å². The normalized spacial score (nSPS) is 12.3. The number of nitrogens with one attached hydrogen (secondary N) is 3. The minimum atomic E-state index is -4.89. The van der Waals surface area contributed by atoms with Gasteiger partial charge in [0.25, 0.3) is 17.0 Å². The SMILES string of the molecule is CN(C)C(=O)c1cccc(Nc2c(NC(c3ccco3)C(F)(F)F)c(=O)[nH]n(C)c2=O)c1O. The van der Waals surface area contributed by atoms with E-state index in [1.54, 1.807) is 0 Å². The maximum atomic E-state index is 13.7. The van der Waals surface area contributed by atoms with Gasteiger partial charge in [-0.1, -0.05) is 6.07 Å². The summed E-state index contributed by atoms with van der Waals surface area (Å²) in [6.07, 6.45) is -3.85. The van der Waals surface area contributed by atoms with Gasteiger partial charge in [0.1, 0.15) is 17.1 Å². The second-order valence-electron chi connectivity index (χ2n) is 7.22. The lowest BCUT2D eigenvalue weighted by Gasteiger charge is -2.22. The van der Waals surface area contributed by atoms with E-state index in [0.717, 1.165) is 17.0 Å². The van der Waals surface area contributed by atoms with E-state index in [1.165, 1.54) is 50.3 Å². The number of nitrogens with zero attached hydrogens (tertiary/aromatic N) is 2. The summed E-state index contributed by atoms with van der Waals surface area (Å²) in [4.78, 5) is 38.7. The summed E-state index contributed by atoms with van der Waals surface area (Å²) in [5, 5.41) is 17.2. The number of para-hydroxylation sites is 1. The number of aromatic amines is 1. The maximum Gasteiger partial charge on any atom is 0.415 e. The number of rotatable bonds is 6. The van der Waals surface area contributed by atoms with Crippen LogP contribution in [0.1, 0.15) is 22.2 Å². The largest absolute Gasteiger partial charge is 0.505 e. The van der Waals surface area contributed by atoms with Crippen LogP contribution >= 0.6 is 0 Å². The highest BCUT2D eigenvalue weighted by Crippen LogP contribution is 2.37. The molecule has 0 aliphatic rings. The number of carbonyl (C=O) groups excluding carboxylic acids is 1. The number of H-pyrrole nitrogens is 1.